The predicted molar refractivity (Wildman–Crippen MR) is 298 cm³/mol. The van der Waals surface area contributed by atoms with Crippen molar-refractivity contribution in [2.45, 2.75) is 372 Å². The number of carbonyl (C=O) groups is 1. The molecule has 0 fully saturated rings. The molecule has 0 rings (SSSR count). The predicted octanol–water partition coefficient (Wildman–Crippen LogP) is 18.4. The fraction of sp³-hybridized carbons (Fsp3) is 0.952. The smallest absolute Gasteiger partial charge is 0.249 e. The van der Waals surface area contributed by atoms with E-state index in [9.17, 15) is 25.2 Å². The maximum atomic E-state index is 12.6. The first-order valence-electron chi connectivity index (χ1n) is 31.1. The van der Waals surface area contributed by atoms with Gasteiger partial charge in [-0.25, -0.2) is 0 Å². The molecule has 0 saturated heterocycles. The Morgan fingerprint density at radius 3 is 0.853 bits per heavy atom. The lowest BCUT2D eigenvalue weighted by molar-refractivity contribution is -0.132. The minimum atomic E-state index is -1.26. The zero-order chi connectivity index (χ0) is 49.5. The van der Waals surface area contributed by atoms with Crippen molar-refractivity contribution in [3.63, 3.8) is 0 Å². The van der Waals surface area contributed by atoms with Crippen molar-refractivity contribution in [2.75, 3.05) is 6.61 Å². The van der Waals surface area contributed by atoms with Crippen LogP contribution in [0.25, 0.3) is 0 Å². The molecule has 0 saturated carbocycles. The van der Waals surface area contributed by atoms with Crippen LogP contribution in [0.4, 0.5) is 0 Å². The van der Waals surface area contributed by atoms with Crippen LogP contribution < -0.4 is 5.32 Å². The lowest BCUT2D eigenvalue weighted by Crippen LogP contribution is -2.53. The number of hydrogen-bond donors (Lipinski definition) is 5. The van der Waals surface area contributed by atoms with Crippen LogP contribution in [-0.4, -0.2) is 57.3 Å². The Bertz CT molecular complexity index is 990. The number of carbonyl (C=O) groups excluding carboxylic acids is 1. The number of hydrogen-bond acceptors (Lipinski definition) is 5. The second kappa shape index (κ2) is 57.0. The lowest BCUT2D eigenvalue weighted by Gasteiger charge is -2.27. The van der Waals surface area contributed by atoms with Crippen molar-refractivity contribution in [1.82, 2.24) is 5.32 Å². The number of aliphatic hydroxyl groups is 4. The third-order valence-electron chi connectivity index (χ3n) is 15.0. The van der Waals surface area contributed by atoms with Crippen LogP contribution in [0.2, 0.25) is 0 Å². The van der Waals surface area contributed by atoms with E-state index in [1.54, 1.807) is 0 Å². The Morgan fingerprint density at radius 1 is 0.353 bits per heavy atom. The third-order valence-corrected chi connectivity index (χ3v) is 15.0. The van der Waals surface area contributed by atoms with Crippen LogP contribution in [0.5, 0.6) is 0 Å². The molecular weight excluding hydrogens is 839 g/mol. The van der Waals surface area contributed by atoms with E-state index >= 15 is 0 Å². The van der Waals surface area contributed by atoms with Crippen molar-refractivity contribution >= 4 is 5.91 Å². The molecule has 4 unspecified atom stereocenters. The Hall–Kier alpha value is -0.950. The number of unbranched alkanes of at least 4 members (excludes halogenated alkanes) is 47. The van der Waals surface area contributed by atoms with E-state index in [4.69, 9.17) is 0 Å². The highest BCUT2D eigenvalue weighted by Gasteiger charge is 2.28. The van der Waals surface area contributed by atoms with Crippen molar-refractivity contribution in [3.05, 3.63) is 12.2 Å². The maximum absolute atomic E-state index is 12.6. The molecule has 6 nitrogen and oxygen atoms in total. The molecular formula is C62H123NO5. The summed E-state index contributed by atoms with van der Waals surface area (Å²) in [5.41, 5.74) is 0. The van der Waals surface area contributed by atoms with Gasteiger partial charge in [0.15, 0.2) is 0 Å². The molecule has 0 aromatic carbocycles. The molecule has 6 heteroatoms. The molecule has 5 N–H and O–H groups in total. The fourth-order valence-corrected chi connectivity index (χ4v) is 10.1. The van der Waals surface area contributed by atoms with E-state index in [-0.39, 0.29) is 0 Å². The molecule has 0 aliphatic heterocycles. The van der Waals surface area contributed by atoms with Crippen LogP contribution in [0.1, 0.15) is 348 Å². The van der Waals surface area contributed by atoms with E-state index in [0.717, 1.165) is 38.5 Å². The van der Waals surface area contributed by atoms with Crippen molar-refractivity contribution in [1.29, 1.82) is 0 Å². The van der Waals surface area contributed by atoms with E-state index in [1.165, 1.54) is 283 Å². The highest BCUT2D eigenvalue weighted by atomic mass is 16.3. The van der Waals surface area contributed by atoms with Gasteiger partial charge in [0.05, 0.1) is 18.8 Å². The van der Waals surface area contributed by atoms with Gasteiger partial charge in [-0.1, -0.05) is 321 Å². The summed E-state index contributed by atoms with van der Waals surface area (Å²) in [7, 11) is 0. The quantitative estimate of drug-likeness (QED) is 0.0308. The van der Waals surface area contributed by atoms with E-state index in [2.05, 4.69) is 31.3 Å². The molecule has 0 bridgehead atoms. The van der Waals surface area contributed by atoms with Crippen molar-refractivity contribution in [3.8, 4) is 0 Å². The first-order chi connectivity index (χ1) is 33.5. The summed E-state index contributed by atoms with van der Waals surface area (Å²) in [5.74, 6) is -0.577. The average Bonchev–Trinajstić information content (AvgIpc) is 3.34. The summed E-state index contributed by atoms with van der Waals surface area (Å²) in [6, 6.07) is -0.984. The molecule has 0 aromatic heterocycles. The van der Waals surface area contributed by atoms with Crippen molar-refractivity contribution in [2.24, 2.45) is 0 Å². The summed E-state index contributed by atoms with van der Waals surface area (Å²) >= 11 is 0. The monoisotopic (exact) mass is 962 g/mol. The Labute approximate surface area is 425 Å². The van der Waals surface area contributed by atoms with Crippen LogP contribution >= 0.6 is 0 Å². The first-order valence-corrected chi connectivity index (χ1v) is 31.1. The summed E-state index contributed by atoms with van der Waals surface area (Å²) in [5, 5.41) is 44.1. The standard InChI is InChI=1S/C62H123NO5/c1-3-5-7-9-11-13-15-17-19-21-23-25-27-29-30-31-32-34-36-38-40-42-44-46-48-50-52-54-56-60(66)62(68)63-58(57-64)61(67)59(65)55-53-51-49-47-45-43-41-39-37-35-33-28-26-24-22-20-18-16-14-12-10-8-6-4-2/h29-30,58-61,64-67H,3-28,31-57H2,1-2H3,(H,63,68)/b30-29-. The minimum Gasteiger partial charge on any atom is -0.394 e. The molecule has 0 aliphatic rings. The zero-order valence-corrected chi connectivity index (χ0v) is 46.1. The van der Waals surface area contributed by atoms with Gasteiger partial charge >= 0.3 is 0 Å². The van der Waals surface area contributed by atoms with Gasteiger partial charge in [0.25, 0.3) is 0 Å². The minimum absolute atomic E-state index is 0.372. The molecule has 406 valence electrons. The van der Waals surface area contributed by atoms with Gasteiger partial charge in [-0.05, 0) is 38.5 Å². The number of amides is 1. The molecule has 0 radical (unpaired) electrons. The number of allylic oxidation sites excluding steroid dienone is 2. The second-order valence-electron chi connectivity index (χ2n) is 21.8. The highest BCUT2D eigenvalue weighted by Crippen LogP contribution is 2.19. The SMILES string of the molecule is CCCCCCCCCCCCCC/C=C\CCCCCCCCCCCCCCC(O)C(=O)NC(CO)C(O)C(O)CCCCCCCCCCCCCCCCCCCCCCCCCC. The van der Waals surface area contributed by atoms with E-state index in [0.29, 0.717) is 12.8 Å². The average molecular weight is 963 g/mol. The van der Waals surface area contributed by atoms with Gasteiger partial charge in [0.1, 0.15) is 12.2 Å². The van der Waals surface area contributed by atoms with Gasteiger partial charge in [0.2, 0.25) is 5.91 Å². The van der Waals surface area contributed by atoms with Crippen molar-refractivity contribution < 1.29 is 25.2 Å². The van der Waals surface area contributed by atoms with Crippen LogP contribution in [0, 0.1) is 0 Å². The Morgan fingerprint density at radius 2 is 0.588 bits per heavy atom. The molecule has 1 amide bonds. The summed E-state index contributed by atoms with van der Waals surface area (Å²) in [6.45, 7) is 4.11. The number of nitrogens with one attached hydrogen (secondary N) is 1. The maximum Gasteiger partial charge on any atom is 0.249 e. The van der Waals surface area contributed by atoms with Crippen LogP contribution in [-0.2, 0) is 4.79 Å². The van der Waals surface area contributed by atoms with Gasteiger partial charge in [0, 0.05) is 0 Å². The van der Waals surface area contributed by atoms with E-state index in [1.807, 2.05) is 0 Å². The molecule has 0 spiro atoms. The first kappa shape index (κ1) is 67.0. The second-order valence-corrected chi connectivity index (χ2v) is 21.8. The van der Waals surface area contributed by atoms with Crippen LogP contribution in [0.3, 0.4) is 0 Å². The number of aliphatic hydroxyl groups excluding tert-OH is 4. The fourth-order valence-electron chi connectivity index (χ4n) is 10.1. The number of rotatable bonds is 58. The molecule has 0 heterocycles. The Balaban J connectivity index is 3.57. The zero-order valence-electron chi connectivity index (χ0n) is 46.1. The summed E-state index contributed by atoms with van der Waals surface area (Å²) in [6.07, 6.45) is 68.7. The Kier molecular flexibility index (Phi) is 56.2. The normalized spacial score (nSPS) is 13.7. The third kappa shape index (κ3) is 50.0. The van der Waals surface area contributed by atoms with Gasteiger partial charge < -0.3 is 25.7 Å². The van der Waals surface area contributed by atoms with Gasteiger partial charge in [-0.2, -0.15) is 0 Å². The van der Waals surface area contributed by atoms with Gasteiger partial charge in [-0.3, -0.25) is 4.79 Å². The molecule has 0 aromatic rings. The summed E-state index contributed by atoms with van der Waals surface area (Å²) < 4.78 is 0. The highest BCUT2D eigenvalue weighted by molar-refractivity contribution is 5.80. The van der Waals surface area contributed by atoms with E-state index < -0.39 is 36.9 Å². The van der Waals surface area contributed by atoms with Crippen LogP contribution in [0.15, 0.2) is 12.2 Å². The van der Waals surface area contributed by atoms with Gasteiger partial charge in [-0.15, -0.1) is 0 Å². The molecule has 68 heavy (non-hydrogen) atoms. The summed E-state index contributed by atoms with van der Waals surface area (Å²) in [4.78, 5) is 12.6. The lowest BCUT2D eigenvalue weighted by atomic mass is 9.99. The topological polar surface area (TPSA) is 110 Å². The molecule has 4 atom stereocenters. The largest absolute Gasteiger partial charge is 0.394 e. The molecule has 0 aliphatic carbocycles.